The van der Waals surface area contributed by atoms with Gasteiger partial charge < -0.3 is 5.32 Å². The minimum atomic E-state index is 0.516. The van der Waals surface area contributed by atoms with Gasteiger partial charge in [-0.3, -0.25) is 0 Å². The van der Waals surface area contributed by atoms with Crippen LogP contribution in [0.3, 0.4) is 0 Å². The number of likely N-dealkylation sites (N-methyl/N-ethyl adjacent to an activating group) is 1. The Bertz CT molecular complexity index is 280. The van der Waals surface area contributed by atoms with E-state index in [-0.39, 0.29) is 0 Å². The highest BCUT2D eigenvalue weighted by molar-refractivity contribution is 5.00. The largest absolute Gasteiger partial charge is 0.314 e. The van der Waals surface area contributed by atoms with Crippen molar-refractivity contribution in [2.45, 2.75) is 46.1 Å². The number of hydrogen-bond donors (Lipinski definition) is 1. The first-order valence-electron chi connectivity index (χ1n) is 5.78. The molecule has 1 aromatic heterocycles. The molecule has 1 N–H and O–H groups in total. The lowest BCUT2D eigenvalue weighted by Crippen LogP contribution is -2.31. The second-order valence-corrected chi connectivity index (χ2v) is 3.86. The highest BCUT2D eigenvalue weighted by atomic mass is 14.9. The Morgan fingerprint density at radius 1 is 1.40 bits per heavy atom. The lowest BCUT2D eigenvalue weighted by Gasteiger charge is -2.15. The summed E-state index contributed by atoms with van der Waals surface area (Å²) in [6.45, 7) is 7.37. The fourth-order valence-electron chi connectivity index (χ4n) is 1.73. The van der Waals surface area contributed by atoms with Crippen LogP contribution in [0, 0.1) is 6.92 Å². The Morgan fingerprint density at radius 3 is 2.80 bits per heavy atom. The fraction of sp³-hybridized carbons (Fsp3) is 0.667. The van der Waals surface area contributed by atoms with E-state index < -0.39 is 0 Å². The molecule has 0 saturated heterocycles. The van der Waals surface area contributed by atoms with E-state index in [9.17, 15) is 0 Å². The van der Waals surface area contributed by atoms with Crippen LogP contribution < -0.4 is 5.32 Å². The second-order valence-electron chi connectivity index (χ2n) is 3.86. The molecule has 0 aliphatic heterocycles. The molecule has 15 heavy (non-hydrogen) atoms. The molecule has 1 atom stereocenters. The molecule has 0 aromatic carbocycles. The molecule has 0 aliphatic carbocycles. The Morgan fingerprint density at radius 2 is 2.20 bits per heavy atom. The normalized spacial score (nSPS) is 12.7. The van der Waals surface area contributed by atoms with Crippen LogP contribution in [0.1, 0.15) is 38.2 Å². The maximum Gasteiger partial charge on any atom is 0.130 e. The number of nitrogens with one attached hydrogen (secondary N) is 1. The zero-order valence-corrected chi connectivity index (χ0v) is 9.95. The second kappa shape index (κ2) is 6.51. The van der Waals surface area contributed by atoms with Crippen molar-refractivity contribution in [3.05, 3.63) is 23.8 Å². The van der Waals surface area contributed by atoms with Gasteiger partial charge in [-0.05, 0) is 26.0 Å². The number of nitrogens with zero attached hydrogens (tertiary/aromatic N) is 2. The molecule has 3 heteroatoms. The van der Waals surface area contributed by atoms with Gasteiger partial charge in [0.15, 0.2) is 0 Å². The van der Waals surface area contributed by atoms with Crippen LogP contribution in [-0.4, -0.2) is 22.6 Å². The minimum Gasteiger partial charge on any atom is -0.314 e. The van der Waals surface area contributed by atoms with Gasteiger partial charge in [0.2, 0.25) is 0 Å². The van der Waals surface area contributed by atoms with E-state index in [1.165, 1.54) is 12.8 Å². The lowest BCUT2D eigenvalue weighted by atomic mass is 10.1. The first-order chi connectivity index (χ1) is 7.26. The third kappa shape index (κ3) is 4.38. The van der Waals surface area contributed by atoms with Gasteiger partial charge in [0.05, 0.1) is 0 Å². The maximum atomic E-state index is 4.43. The first kappa shape index (κ1) is 12.1. The van der Waals surface area contributed by atoms with Crippen molar-refractivity contribution in [2.24, 2.45) is 0 Å². The van der Waals surface area contributed by atoms with Crippen molar-refractivity contribution >= 4 is 0 Å². The van der Waals surface area contributed by atoms with Crippen LogP contribution in [0.25, 0.3) is 0 Å². The molecular weight excluding hydrogens is 186 g/mol. The average molecular weight is 207 g/mol. The highest BCUT2D eigenvalue weighted by Gasteiger charge is 2.08. The number of aryl methyl sites for hydroxylation is 1. The third-order valence-corrected chi connectivity index (χ3v) is 2.40. The number of hydrogen-bond acceptors (Lipinski definition) is 3. The summed E-state index contributed by atoms with van der Waals surface area (Å²) in [5.74, 6) is 0.953. The molecule has 1 aromatic rings. The summed E-state index contributed by atoms with van der Waals surface area (Å²) in [7, 11) is 0. The van der Waals surface area contributed by atoms with Crippen LogP contribution in [0.15, 0.2) is 12.3 Å². The van der Waals surface area contributed by atoms with Gasteiger partial charge in [-0.1, -0.05) is 20.3 Å². The van der Waals surface area contributed by atoms with E-state index in [4.69, 9.17) is 0 Å². The van der Waals surface area contributed by atoms with Crippen LogP contribution in [0.2, 0.25) is 0 Å². The van der Waals surface area contributed by atoms with Crippen molar-refractivity contribution in [3.8, 4) is 0 Å². The van der Waals surface area contributed by atoms with E-state index in [1.54, 1.807) is 0 Å². The van der Waals surface area contributed by atoms with Crippen molar-refractivity contribution < 1.29 is 0 Å². The maximum absolute atomic E-state index is 4.43. The zero-order valence-electron chi connectivity index (χ0n) is 9.95. The molecule has 0 bridgehead atoms. The topological polar surface area (TPSA) is 37.8 Å². The summed E-state index contributed by atoms with van der Waals surface area (Å²) in [6.07, 6.45) is 5.16. The monoisotopic (exact) mass is 207 g/mol. The highest BCUT2D eigenvalue weighted by Crippen LogP contribution is 2.04. The van der Waals surface area contributed by atoms with E-state index >= 15 is 0 Å². The predicted octanol–water partition coefficient (Wildman–Crippen LogP) is 2.11. The standard InChI is InChI=1S/C12H21N3/c1-4-6-11(13-5-2)9-12-14-8-7-10(3)15-12/h7-8,11,13H,4-6,9H2,1-3H3. The summed E-state index contributed by atoms with van der Waals surface area (Å²) < 4.78 is 0. The van der Waals surface area contributed by atoms with E-state index in [2.05, 4.69) is 29.1 Å². The number of rotatable bonds is 6. The molecule has 3 nitrogen and oxygen atoms in total. The van der Waals surface area contributed by atoms with Crippen LogP contribution in [-0.2, 0) is 6.42 Å². The predicted molar refractivity (Wildman–Crippen MR) is 62.8 cm³/mol. The summed E-state index contributed by atoms with van der Waals surface area (Å²) in [6, 6.07) is 2.45. The SMILES string of the molecule is CCCC(Cc1nccc(C)n1)NCC. The van der Waals surface area contributed by atoms with Crippen molar-refractivity contribution in [1.29, 1.82) is 0 Å². The Balaban J connectivity index is 2.56. The van der Waals surface area contributed by atoms with E-state index in [0.29, 0.717) is 6.04 Å². The van der Waals surface area contributed by atoms with Gasteiger partial charge in [-0.25, -0.2) is 9.97 Å². The molecule has 84 valence electrons. The smallest absolute Gasteiger partial charge is 0.130 e. The summed E-state index contributed by atoms with van der Waals surface area (Å²) in [5, 5.41) is 3.47. The zero-order chi connectivity index (χ0) is 11.1. The van der Waals surface area contributed by atoms with Gasteiger partial charge in [0, 0.05) is 24.4 Å². The molecule has 1 rings (SSSR count). The molecule has 0 aliphatic rings. The van der Waals surface area contributed by atoms with Gasteiger partial charge in [-0.15, -0.1) is 0 Å². The summed E-state index contributed by atoms with van der Waals surface area (Å²) in [5.41, 5.74) is 1.05. The van der Waals surface area contributed by atoms with E-state index in [0.717, 1.165) is 24.5 Å². The molecule has 0 amide bonds. The van der Waals surface area contributed by atoms with Crippen molar-refractivity contribution in [2.75, 3.05) is 6.54 Å². The quantitative estimate of drug-likeness (QED) is 0.776. The molecule has 0 saturated carbocycles. The molecule has 1 heterocycles. The Kier molecular flexibility index (Phi) is 5.26. The lowest BCUT2D eigenvalue weighted by molar-refractivity contribution is 0.476. The Hall–Kier alpha value is -0.960. The minimum absolute atomic E-state index is 0.516. The summed E-state index contributed by atoms with van der Waals surface area (Å²) >= 11 is 0. The molecule has 1 unspecified atom stereocenters. The van der Waals surface area contributed by atoms with Gasteiger partial charge in [0.1, 0.15) is 5.82 Å². The van der Waals surface area contributed by atoms with Crippen LogP contribution >= 0.6 is 0 Å². The fourth-order valence-corrected chi connectivity index (χ4v) is 1.73. The third-order valence-electron chi connectivity index (χ3n) is 2.40. The van der Waals surface area contributed by atoms with Gasteiger partial charge >= 0.3 is 0 Å². The Labute approximate surface area is 92.3 Å². The first-order valence-corrected chi connectivity index (χ1v) is 5.78. The van der Waals surface area contributed by atoms with Gasteiger partial charge in [0.25, 0.3) is 0 Å². The average Bonchev–Trinajstić information content (AvgIpc) is 2.18. The van der Waals surface area contributed by atoms with Crippen LogP contribution in [0.4, 0.5) is 0 Å². The summed E-state index contributed by atoms with van der Waals surface area (Å²) in [4.78, 5) is 8.72. The van der Waals surface area contributed by atoms with E-state index in [1.807, 2.05) is 19.2 Å². The molecular formula is C12H21N3. The van der Waals surface area contributed by atoms with Gasteiger partial charge in [-0.2, -0.15) is 0 Å². The molecule has 0 spiro atoms. The number of aromatic nitrogens is 2. The molecule has 0 radical (unpaired) electrons. The van der Waals surface area contributed by atoms with Crippen molar-refractivity contribution in [1.82, 2.24) is 15.3 Å². The van der Waals surface area contributed by atoms with Crippen LogP contribution in [0.5, 0.6) is 0 Å². The van der Waals surface area contributed by atoms with Crippen molar-refractivity contribution in [3.63, 3.8) is 0 Å². The molecule has 0 fully saturated rings.